The number of fused-ring (bicyclic) bond motifs is 3. The molecular formula is C22H22Cl2N2O3. The van der Waals surface area contributed by atoms with Gasteiger partial charge in [0.2, 0.25) is 5.91 Å². The molecule has 1 fully saturated rings. The molecular weight excluding hydrogens is 411 g/mol. The molecule has 2 aliphatic heterocycles. The summed E-state index contributed by atoms with van der Waals surface area (Å²) in [6.07, 6.45) is 0.799. The monoisotopic (exact) mass is 432 g/mol. The lowest BCUT2D eigenvalue weighted by Gasteiger charge is -2.46. The van der Waals surface area contributed by atoms with Crippen molar-refractivity contribution in [2.45, 2.75) is 31.9 Å². The zero-order chi connectivity index (χ0) is 20.8. The average Bonchev–Trinajstić information content (AvgIpc) is 2.68. The van der Waals surface area contributed by atoms with E-state index >= 15 is 0 Å². The molecule has 0 aliphatic carbocycles. The molecule has 2 amide bonds. The molecule has 0 radical (unpaired) electrons. The first-order chi connectivity index (χ1) is 13.7. The molecule has 152 valence electrons. The Morgan fingerprint density at radius 2 is 1.79 bits per heavy atom. The average molecular weight is 433 g/mol. The van der Waals surface area contributed by atoms with Gasteiger partial charge in [0.1, 0.15) is 5.75 Å². The Balaban J connectivity index is 1.57. The number of carbonyl (C=O) groups excluding carboxylic acids is 2. The van der Waals surface area contributed by atoms with E-state index < -0.39 is 5.60 Å². The van der Waals surface area contributed by atoms with Gasteiger partial charge in [-0.2, -0.15) is 0 Å². The fraction of sp³-hybridized carbons (Fsp3) is 0.364. The van der Waals surface area contributed by atoms with Crippen LogP contribution in [0.15, 0.2) is 42.5 Å². The molecule has 0 bridgehead atoms. The standard InChI is InChI=1S/C22H22Cl2N2O3/c1-22(2,29-17-7-5-15(23)6-8-17)21(28)25-12-19-18-11-16(24)4-3-14(18)9-10-26(19)20(27)13-25/h3-8,11,19H,9-10,12-13H2,1-2H3. The first-order valence-corrected chi connectivity index (χ1v) is 10.3. The van der Waals surface area contributed by atoms with Crippen molar-refractivity contribution in [2.24, 2.45) is 0 Å². The van der Waals surface area contributed by atoms with Crippen molar-refractivity contribution in [1.82, 2.24) is 9.80 Å². The lowest BCUT2D eigenvalue weighted by molar-refractivity contribution is -0.157. The van der Waals surface area contributed by atoms with Gasteiger partial charge in [0.05, 0.1) is 12.6 Å². The molecule has 5 nitrogen and oxygen atoms in total. The van der Waals surface area contributed by atoms with E-state index in [4.69, 9.17) is 27.9 Å². The maximum Gasteiger partial charge on any atom is 0.266 e. The Morgan fingerprint density at radius 1 is 1.10 bits per heavy atom. The van der Waals surface area contributed by atoms with Crippen LogP contribution in [0.1, 0.15) is 31.0 Å². The van der Waals surface area contributed by atoms with Crippen molar-refractivity contribution in [3.05, 3.63) is 63.6 Å². The van der Waals surface area contributed by atoms with Crippen molar-refractivity contribution in [2.75, 3.05) is 19.6 Å². The number of rotatable bonds is 3. The molecule has 1 saturated heterocycles. The Hall–Kier alpha value is -2.24. The number of amides is 2. The second kappa shape index (κ2) is 7.54. The van der Waals surface area contributed by atoms with Gasteiger partial charge in [-0.15, -0.1) is 0 Å². The highest BCUT2D eigenvalue weighted by molar-refractivity contribution is 6.30. The van der Waals surface area contributed by atoms with Crippen molar-refractivity contribution in [1.29, 1.82) is 0 Å². The molecule has 2 aliphatic rings. The molecule has 4 rings (SSSR count). The van der Waals surface area contributed by atoms with Gasteiger partial charge in [-0.25, -0.2) is 0 Å². The van der Waals surface area contributed by atoms with E-state index in [9.17, 15) is 9.59 Å². The minimum absolute atomic E-state index is 0.0532. The van der Waals surface area contributed by atoms with Gasteiger partial charge in [0, 0.05) is 23.1 Å². The largest absolute Gasteiger partial charge is 0.478 e. The Bertz CT molecular complexity index is 959. The quantitative estimate of drug-likeness (QED) is 0.732. The first kappa shape index (κ1) is 20.0. The van der Waals surface area contributed by atoms with E-state index in [0.717, 1.165) is 12.0 Å². The molecule has 2 aromatic rings. The van der Waals surface area contributed by atoms with Crippen molar-refractivity contribution in [3.8, 4) is 5.75 Å². The number of nitrogens with zero attached hydrogens (tertiary/aromatic N) is 2. The topological polar surface area (TPSA) is 49.9 Å². The molecule has 29 heavy (non-hydrogen) atoms. The van der Waals surface area contributed by atoms with Crippen LogP contribution in [-0.2, 0) is 16.0 Å². The predicted molar refractivity (Wildman–Crippen MR) is 112 cm³/mol. The van der Waals surface area contributed by atoms with E-state index in [-0.39, 0.29) is 24.4 Å². The molecule has 2 aromatic carbocycles. The van der Waals surface area contributed by atoms with Gasteiger partial charge in [-0.3, -0.25) is 9.59 Å². The van der Waals surface area contributed by atoms with Crippen LogP contribution in [0.25, 0.3) is 0 Å². The maximum atomic E-state index is 13.3. The van der Waals surface area contributed by atoms with Gasteiger partial charge >= 0.3 is 0 Å². The van der Waals surface area contributed by atoms with Crippen LogP contribution in [0.4, 0.5) is 0 Å². The Labute approximate surface area is 180 Å². The third-order valence-corrected chi connectivity index (χ3v) is 5.98. The second-order valence-electron chi connectivity index (χ2n) is 7.95. The van der Waals surface area contributed by atoms with Crippen LogP contribution in [0.2, 0.25) is 10.0 Å². The molecule has 2 heterocycles. The molecule has 7 heteroatoms. The van der Waals surface area contributed by atoms with Crippen molar-refractivity contribution >= 4 is 35.0 Å². The zero-order valence-electron chi connectivity index (χ0n) is 16.3. The summed E-state index contributed by atoms with van der Waals surface area (Å²) in [5.41, 5.74) is 1.07. The van der Waals surface area contributed by atoms with Crippen LogP contribution in [0.5, 0.6) is 5.75 Å². The summed E-state index contributed by atoms with van der Waals surface area (Å²) in [6.45, 7) is 4.56. The van der Waals surface area contributed by atoms with Crippen LogP contribution in [0.3, 0.4) is 0 Å². The number of piperazine rings is 1. The maximum absolute atomic E-state index is 13.3. The first-order valence-electron chi connectivity index (χ1n) is 9.56. The third-order valence-electron chi connectivity index (χ3n) is 5.49. The fourth-order valence-corrected chi connectivity index (χ4v) is 4.37. The minimum atomic E-state index is -1.12. The number of benzene rings is 2. The summed E-state index contributed by atoms with van der Waals surface area (Å²) < 4.78 is 5.94. The van der Waals surface area contributed by atoms with E-state index in [0.29, 0.717) is 28.9 Å². The number of hydrogen-bond acceptors (Lipinski definition) is 3. The summed E-state index contributed by atoms with van der Waals surface area (Å²) in [5, 5.41) is 1.23. The number of halogens is 2. The summed E-state index contributed by atoms with van der Waals surface area (Å²) >= 11 is 12.1. The third kappa shape index (κ3) is 3.94. The highest BCUT2D eigenvalue weighted by Gasteiger charge is 2.43. The van der Waals surface area contributed by atoms with E-state index in [2.05, 4.69) is 0 Å². The summed E-state index contributed by atoms with van der Waals surface area (Å²) in [7, 11) is 0. The van der Waals surface area contributed by atoms with Crippen molar-refractivity contribution in [3.63, 3.8) is 0 Å². The van der Waals surface area contributed by atoms with E-state index in [1.54, 1.807) is 43.0 Å². The predicted octanol–water partition coefficient (Wildman–Crippen LogP) is 4.12. The number of ether oxygens (including phenoxy) is 1. The molecule has 1 unspecified atom stereocenters. The number of hydrogen-bond donors (Lipinski definition) is 0. The Kier molecular flexibility index (Phi) is 5.21. The van der Waals surface area contributed by atoms with Gasteiger partial charge in [0.15, 0.2) is 5.60 Å². The van der Waals surface area contributed by atoms with Gasteiger partial charge in [-0.1, -0.05) is 29.3 Å². The van der Waals surface area contributed by atoms with Crippen LogP contribution in [-0.4, -0.2) is 46.8 Å². The second-order valence-corrected chi connectivity index (χ2v) is 8.82. The lowest BCUT2D eigenvalue weighted by Crippen LogP contribution is -2.59. The Morgan fingerprint density at radius 3 is 2.52 bits per heavy atom. The zero-order valence-corrected chi connectivity index (χ0v) is 17.8. The highest BCUT2D eigenvalue weighted by atomic mass is 35.5. The molecule has 0 spiro atoms. The summed E-state index contributed by atoms with van der Waals surface area (Å²) in [6, 6.07) is 12.5. The highest BCUT2D eigenvalue weighted by Crippen LogP contribution is 2.35. The van der Waals surface area contributed by atoms with Gasteiger partial charge in [0.25, 0.3) is 5.91 Å². The molecule has 1 atom stereocenters. The normalized spacial score (nSPS) is 18.9. The van der Waals surface area contributed by atoms with Gasteiger partial charge in [-0.05, 0) is 67.8 Å². The molecule has 0 N–H and O–H groups in total. The lowest BCUT2D eigenvalue weighted by atomic mass is 9.90. The smallest absolute Gasteiger partial charge is 0.266 e. The van der Waals surface area contributed by atoms with Crippen LogP contribution in [0, 0.1) is 0 Å². The van der Waals surface area contributed by atoms with Crippen LogP contribution < -0.4 is 4.74 Å². The van der Waals surface area contributed by atoms with Crippen LogP contribution >= 0.6 is 23.2 Å². The van der Waals surface area contributed by atoms with E-state index in [1.807, 2.05) is 23.1 Å². The summed E-state index contributed by atoms with van der Waals surface area (Å²) in [5.74, 6) is 0.268. The number of carbonyl (C=O) groups is 2. The fourth-order valence-electron chi connectivity index (χ4n) is 4.07. The molecule has 0 saturated carbocycles. The van der Waals surface area contributed by atoms with E-state index in [1.165, 1.54) is 5.56 Å². The summed E-state index contributed by atoms with van der Waals surface area (Å²) in [4.78, 5) is 29.5. The molecule has 0 aromatic heterocycles. The SMILES string of the molecule is CC(C)(Oc1ccc(Cl)cc1)C(=O)N1CC(=O)N2CCc3ccc(Cl)cc3C2C1. The van der Waals surface area contributed by atoms with Gasteiger partial charge < -0.3 is 14.5 Å². The minimum Gasteiger partial charge on any atom is -0.478 e. The van der Waals surface area contributed by atoms with Crippen molar-refractivity contribution < 1.29 is 14.3 Å².